The molecule has 124 valence electrons. The number of amides is 1. The number of Topliss-reactive ketones (excluding diaryl/α,β-unsaturated/α-hetero) is 1. The Morgan fingerprint density at radius 1 is 1.04 bits per heavy atom. The van der Waals surface area contributed by atoms with Crippen molar-refractivity contribution in [3.05, 3.63) is 53.1 Å². The number of carbonyl (C=O) groups is 2. The molecule has 1 saturated carbocycles. The second-order valence-electron chi connectivity index (χ2n) is 6.69. The van der Waals surface area contributed by atoms with E-state index in [4.69, 9.17) is 0 Å². The monoisotopic (exact) mass is 323 g/mol. The van der Waals surface area contributed by atoms with Crippen LogP contribution in [0.2, 0.25) is 0 Å². The minimum Gasteiger partial charge on any atom is -0.348 e. The molecule has 0 bridgehead atoms. The lowest BCUT2D eigenvalue weighted by Crippen LogP contribution is -2.35. The third kappa shape index (κ3) is 2.98. The molecular weight excluding hydrogens is 302 g/mol. The zero-order chi connectivity index (χ0) is 16.5. The lowest BCUT2D eigenvalue weighted by molar-refractivity contribution is 0.0752. The van der Waals surface area contributed by atoms with Gasteiger partial charge in [-0.15, -0.1) is 0 Å². The number of nitrogens with one attached hydrogen (secondary N) is 1. The Bertz CT molecular complexity index is 759. The van der Waals surface area contributed by atoms with Crippen LogP contribution in [0.1, 0.15) is 51.4 Å². The minimum absolute atomic E-state index is 0.0411. The molecule has 2 aliphatic rings. The van der Waals surface area contributed by atoms with Crippen molar-refractivity contribution < 1.29 is 9.59 Å². The van der Waals surface area contributed by atoms with Gasteiger partial charge in [0.15, 0.2) is 5.78 Å². The fraction of sp³-hybridized carbons (Fsp3) is 0.421. The van der Waals surface area contributed by atoms with E-state index >= 15 is 0 Å². The average Bonchev–Trinajstić information content (AvgIpc) is 3.35. The number of H-pyrrole nitrogens is 1. The largest absolute Gasteiger partial charge is 0.348 e. The zero-order valence-corrected chi connectivity index (χ0v) is 13.6. The molecule has 1 amide bonds. The van der Waals surface area contributed by atoms with Gasteiger partial charge in [-0.1, -0.05) is 12.1 Å². The van der Waals surface area contributed by atoms with Gasteiger partial charge >= 0.3 is 0 Å². The molecular formula is C19H21N3O2. The molecule has 1 aliphatic carbocycles. The molecule has 0 atom stereocenters. The molecule has 1 N–H and O–H groups in total. The molecule has 1 fully saturated rings. The van der Waals surface area contributed by atoms with Crippen LogP contribution in [0.3, 0.4) is 0 Å². The van der Waals surface area contributed by atoms with Crippen molar-refractivity contribution in [3.63, 3.8) is 0 Å². The lowest BCUT2D eigenvalue weighted by Gasteiger charge is -2.24. The Balaban J connectivity index is 1.45. The number of aromatic nitrogens is 2. The summed E-state index contributed by atoms with van der Waals surface area (Å²) >= 11 is 0. The van der Waals surface area contributed by atoms with Crippen LogP contribution in [-0.4, -0.2) is 39.6 Å². The highest BCUT2D eigenvalue weighted by atomic mass is 16.2. The van der Waals surface area contributed by atoms with E-state index < -0.39 is 0 Å². The molecule has 2 heterocycles. The second kappa shape index (κ2) is 6.23. The highest BCUT2D eigenvalue weighted by Crippen LogP contribution is 2.32. The Morgan fingerprint density at radius 2 is 1.79 bits per heavy atom. The van der Waals surface area contributed by atoms with Gasteiger partial charge in [0.2, 0.25) is 0 Å². The van der Waals surface area contributed by atoms with Crippen molar-refractivity contribution >= 4 is 11.7 Å². The first-order valence-corrected chi connectivity index (χ1v) is 8.67. The summed E-state index contributed by atoms with van der Waals surface area (Å²) in [6.45, 7) is 1.43. The average molecular weight is 323 g/mol. The third-order valence-electron chi connectivity index (χ3n) is 4.93. The van der Waals surface area contributed by atoms with Crippen LogP contribution in [0.5, 0.6) is 0 Å². The molecule has 0 unspecified atom stereocenters. The maximum absolute atomic E-state index is 12.8. The lowest BCUT2D eigenvalue weighted by atomic mass is 10.0. The van der Waals surface area contributed by atoms with Gasteiger partial charge in [0.05, 0.1) is 12.0 Å². The van der Waals surface area contributed by atoms with E-state index in [9.17, 15) is 9.59 Å². The van der Waals surface area contributed by atoms with Crippen molar-refractivity contribution in [2.24, 2.45) is 5.92 Å². The Hall–Kier alpha value is -2.43. The van der Waals surface area contributed by atoms with Gasteiger partial charge in [0, 0.05) is 42.2 Å². The van der Waals surface area contributed by atoms with Crippen LogP contribution in [-0.2, 0) is 12.8 Å². The summed E-state index contributed by atoms with van der Waals surface area (Å²) in [4.78, 5) is 34.2. The van der Waals surface area contributed by atoms with Gasteiger partial charge < -0.3 is 9.88 Å². The standard InChI is InChI=1S/C19H21N3O2/c23-18(13-3-4-13)14-5-7-15(8-6-14)19(24)22-10-1-2-16-17(9-11-22)21-12-20-16/h5-8,12-13H,1-4,9-11H2,(H,20,21). The van der Waals surface area contributed by atoms with Crippen molar-refractivity contribution in [3.8, 4) is 0 Å². The minimum atomic E-state index is 0.0411. The molecule has 4 rings (SSSR count). The van der Waals surface area contributed by atoms with Crippen LogP contribution in [0.25, 0.3) is 0 Å². The molecule has 2 aromatic rings. The summed E-state index contributed by atoms with van der Waals surface area (Å²) in [5, 5.41) is 0. The van der Waals surface area contributed by atoms with Crippen LogP contribution in [0.15, 0.2) is 30.6 Å². The van der Waals surface area contributed by atoms with Crippen LogP contribution in [0.4, 0.5) is 0 Å². The fourth-order valence-electron chi connectivity index (χ4n) is 3.32. The number of hydrogen-bond donors (Lipinski definition) is 1. The predicted molar refractivity (Wildman–Crippen MR) is 90.0 cm³/mol. The van der Waals surface area contributed by atoms with E-state index in [1.165, 1.54) is 5.69 Å². The molecule has 5 nitrogen and oxygen atoms in total. The van der Waals surface area contributed by atoms with E-state index in [2.05, 4.69) is 9.97 Å². The number of aromatic amines is 1. The van der Waals surface area contributed by atoms with E-state index in [0.717, 1.165) is 49.9 Å². The third-order valence-corrected chi connectivity index (χ3v) is 4.93. The number of imidazole rings is 1. The number of aryl methyl sites for hydroxylation is 1. The van der Waals surface area contributed by atoms with Crippen molar-refractivity contribution in [2.75, 3.05) is 13.1 Å². The summed E-state index contributed by atoms with van der Waals surface area (Å²) in [5.74, 6) is 0.467. The van der Waals surface area contributed by atoms with Gasteiger partial charge in [0.25, 0.3) is 5.91 Å². The first-order chi connectivity index (χ1) is 11.7. The maximum atomic E-state index is 12.8. The number of nitrogens with zero attached hydrogens (tertiary/aromatic N) is 2. The number of carbonyl (C=O) groups excluding carboxylic acids is 2. The summed E-state index contributed by atoms with van der Waals surface area (Å²) in [5.41, 5.74) is 3.65. The van der Waals surface area contributed by atoms with Crippen molar-refractivity contribution in [1.29, 1.82) is 0 Å². The summed E-state index contributed by atoms with van der Waals surface area (Å²) in [7, 11) is 0. The summed E-state index contributed by atoms with van der Waals surface area (Å²) < 4.78 is 0. The topological polar surface area (TPSA) is 66.1 Å². The Kier molecular flexibility index (Phi) is 3.92. The predicted octanol–water partition coefficient (Wildman–Crippen LogP) is 2.63. The zero-order valence-electron chi connectivity index (χ0n) is 13.6. The molecule has 1 aliphatic heterocycles. The number of ketones is 1. The molecule has 1 aromatic heterocycles. The van der Waals surface area contributed by atoms with E-state index in [0.29, 0.717) is 12.1 Å². The van der Waals surface area contributed by atoms with Gasteiger partial charge in [0.1, 0.15) is 0 Å². The number of rotatable bonds is 3. The number of benzene rings is 1. The molecule has 0 spiro atoms. The van der Waals surface area contributed by atoms with Gasteiger partial charge in [-0.2, -0.15) is 0 Å². The molecule has 0 saturated heterocycles. The highest BCUT2D eigenvalue weighted by molar-refractivity contribution is 6.01. The number of fused-ring (bicyclic) bond motifs is 1. The van der Waals surface area contributed by atoms with Gasteiger partial charge in [-0.3, -0.25) is 9.59 Å². The molecule has 5 heteroatoms. The molecule has 0 radical (unpaired) electrons. The van der Waals surface area contributed by atoms with E-state index in [-0.39, 0.29) is 17.6 Å². The van der Waals surface area contributed by atoms with Gasteiger partial charge in [-0.25, -0.2) is 4.98 Å². The van der Waals surface area contributed by atoms with Gasteiger partial charge in [-0.05, 0) is 37.8 Å². The molecule has 24 heavy (non-hydrogen) atoms. The van der Waals surface area contributed by atoms with E-state index in [1.54, 1.807) is 30.6 Å². The maximum Gasteiger partial charge on any atom is 0.253 e. The SMILES string of the molecule is O=C(c1ccc(C(=O)N2CCCc3[nH]cnc3CC2)cc1)C1CC1. The number of hydrogen-bond acceptors (Lipinski definition) is 3. The quantitative estimate of drug-likeness (QED) is 0.883. The fourth-order valence-corrected chi connectivity index (χ4v) is 3.32. The van der Waals surface area contributed by atoms with Crippen LogP contribution < -0.4 is 0 Å². The van der Waals surface area contributed by atoms with E-state index in [1.807, 2.05) is 4.90 Å². The first kappa shape index (κ1) is 15.1. The second-order valence-corrected chi connectivity index (χ2v) is 6.69. The Labute approximate surface area is 141 Å². The van der Waals surface area contributed by atoms with Crippen molar-refractivity contribution in [2.45, 2.75) is 32.1 Å². The highest BCUT2D eigenvalue weighted by Gasteiger charge is 2.30. The molecule has 1 aromatic carbocycles. The van der Waals surface area contributed by atoms with Crippen LogP contribution >= 0.6 is 0 Å². The summed E-state index contributed by atoms with van der Waals surface area (Å²) in [6, 6.07) is 7.17. The Morgan fingerprint density at radius 3 is 2.54 bits per heavy atom. The summed E-state index contributed by atoms with van der Waals surface area (Å²) in [6.07, 6.45) is 6.37. The normalized spacial score (nSPS) is 17.8. The first-order valence-electron chi connectivity index (χ1n) is 8.67. The van der Waals surface area contributed by atoms with Crippen LogP contribution in [0, 0.1) is 5.92 Å². The smallest absolute Gasteiger partial charge is 0.253 e. The van der Waals surface area contributed by atoms with Crippen molar-refractivity contribution in [1.82, 2.24) is 14.9 Å².